The Balaban J connectivity index is 1.25. The molecule has 0 saturated carbocycles. The Labute approximate surface area is 249 Å². The summed E-state index contributed by atoms with van der Waals surface area (Å²) >= 11 is 1.67. The fourth-order valence-electron chi connectivity index (χ4n) is 5.21. The number of para-hydroxylation sites is 2. The SMILES string of the molecule is CCOCCOc1ccc(C(C)C)c(NC(=O)CN2CCN(CCCSc3nc4ccccc4o3)CC2)c1C(C)C. The molecule has 0 radical (unpaired) electrons. The number of thioether (sulfide) groups is 1. The van der Waals surface area contributed by atoms with Gasteiger partial charge in [-0.25, -0.2) is 4.98 Å². The lowest BCUT2D eigenvalue weighted by atomic mass is 9.91. The molecule has 9 heteroatoms. The van der Waals surface area contributed by atoms with Crippen molar-refractivity contribution in [3.63, 3.8) is 0 Å². The number of hydrogen-bond donors (Lipinski definition) is 1. The predicted molar refractivity (Wildman–Crippen MR) is 167 cm³/mol. The number of fused-ring (bicyclic) bond motifs is 1. The first-order valence-electron chi connectivity index (χ1n) is 15.0. The number of hydrogen-bond acceptors (Lipinski definition) is 8. The molecule has 1 saturated heterocycles. The molecule has 2 heterocycles. The Morgan fingerprint density at radius 1 is 1.02 bits per heavy atom. The minimum Gasteiger partial charge on any atom is -0.491 e. The monoisotopic (exact) mass is 582 g/mol. The molecule has 1 aromatic heterocycles. The van der Waals surface area contributed by atoms with Crippen molar-refractivity contribution in [3.05, 3.63) is 47.5 Å². The van der Waals surface area contributed by atoms with Gasteiger partial charge in [0.2, 0.25) is 5.91 Å². The number of carbonyl (C=O) groups excluding carboxylic acids is 1. The number of rotatable bonds is 15. The van der Waals surface area contributed by atoms with E-state index in [0.29, 0.717) is 26.4 Å². The molecule has 0 unspecified atom stereocenters. The quantitative estimate of drug-likeness (QED) is 0.167. The van der Waals surface area contributed by atoms with Gasteiger partial charge in [0.05, 0.1) is 18.8 Å². The van der Waals surface area contributed by atoms with Crippen LogP contribution in [0.4, 0.5) is 5.69 Å². The molecule has 0 aliphatic carbocycles. The summed E-state index contributed by atoms with van der Waals surface area (Å²) in [6.45, 7) is 17.5. The van der Waals surface area contributed by atoms with E-state index in [1.54, 1.807) is 11.8 Å². The maximum absolute atomic E-state index is 13.3. The molecule has 0 atom stereocenters. The Morgan fingerprint density at radius 3 is 2.49 bits per heavy atom. The van der Waals surface area contributed by atoms with Gasteiger partial charge < -0.3 is 24.1 Å². The number of nitrogens with zero attached hydrogens (tertiary/aromatic N) is 3. The van der Waals surface area contributed by atoms with Crippen molar-refractivity contribution in [1.29, 1.82) is 0 Å². The van der Waals surface area contributed by atoms with Crippen LogP contribution >= 0.6 is 11.8 Å². The Morgan fingerprint density at radius 2 is 1.78 bits per heavy atom. The van der Waals surface area contributed by atoms with Crippen LogP contribution in [0.15, 0.2) is 46.0 Å². The van der Waals surface area contributed by atoms with Crippen LogP contribution in [-0.2, 0) is 9.53 Å². The molecule has 1 N–H and O–H groups in total. The lowest BCUT2D eigenvalue weighted by molar-refractivity contribution is -0.117. The summed E-state index contributed by atoms with van der Waals surface area (Å²) in [5.41, 5.74) is 4.86. The highest BCUT2D eigenvalue weighted by Gasteiger charge is 2.23. The molecule has 41 heavy (non-hydrogen) atoms. The molecule has 0 spiro atoms. The Bertz CT molecular complexity index is 1220. The number of oxazole rings is 1. The van der Waals surface area contributed by atoms with Crippen molar-refractivity contribution in [1.82, 2.24) is 14.8 Å². The number of piperazine rings is 1. The lowest BCUT2D eigenvalue weighted by Gasteiger charge is -2.34. The van der Waals surface area contributed by atoms with Crippen LogP contribution in [0.1, 0.15) is 64.0 Å². The molecular weight excluding hydrogens is 536 g/mol. The van der Waals surface area contributed by atoms with Crippen LogP contribution in [0, 0.1) is 0 Å². The molecule has 3 aromatic rings. The standard InChI is InChI=1S/C32H46N4O4S/c1-6-38-19-20-39-28-13-12-25(23(2)3)31(30(28)24(4)5)34-29(37)22-36-17-15-35(16-18-36)14-9-21-41-32-33-26-10-7-8-11-27(26)40-32/h7-8,10-13,23-24H,6,9,14-22H2,1-5H3,(H,34,37). The minimum atomic E-state index is 0.0310. The van der Waals surface area contributed by atoms with Gasteiger partial charge in [-0.15, -0.1) is 0 Å². The molecule has 1 aliphatic heterocycles. The zero-order valence-electron chi connectivity index (χ0n) is 25.3. The van der Waals surface area contributed by atoms with E-state index >= 15 is 0 Å². The van der Waals surface area contributed by atoms with E-state index in [9.17, 15) is 4.79 Å². The second-order valence-corrected chi connectivity index (χ2v) is 12.2. The van der Waals surface area contributed by atoms with Crippen molar-refractivity contribution in [3.8, 4) is 5.75 Å². The summed E-state index contributed by atoms with van der Waals surface area (Å²) in [4.78, 5) is 22.6. The zero-order valence-corrected chi connectivity index (χ0v) is 26.1. The van der Waals surface area contributed by atoms with Gasteiger partial charge in [0, 0.05) is 44.1 Å². The van der Waals surface area contributed by atoms with Crippen LogP contribution in [-0.4, -0.2) is 85.5 Å². The number of amides is 1. The molecule has 2 aromatic carbocycles. The van der Waals surface area contributed by atoms with Gasteiger partial charge in [-0.3, -0.25) is 9.69 Å². The molecule has 1 aliphatic rings. The molecule has 0 bridgehead atoms. The Kier molecular flexibility index (Phi) is 11.9. The smallest absolute Gasteiger partial charge is 0.256 e. The van der Waals surface area contributed by atoms with Crippen LogP contribution in [0.2, 0.25) is 0 Å². The average molecular weight is 583 g/mol. The van der Waals surface area contributed by atoms with Crippen LogP contribution in [0.5, 0.6) is 5.75 Å². The van der Waals surface area contributed by atoms with Crippen molar-refractivity contribution in [2.45, 2.75) is 58.1 Å². The first kappa shape index (κ1) is 31.3. The van der Waals surface area contributed by atoms with E-state index in [0.717, 1.165) is 83.8 Å². The van der Waals surface area contributed by atoms with Crippen molar-refractivity contribution >= 4 is 34.5 Å². The molecular formula is C32H46N4O4S. The Hall–Kier alpha value is -2.59. The van der Waals surface area contributed by atoms with Gasteiger partial charge in [-0.1, -0.05) is 57.7 Å². The average Bonchev–Trinajstić information content (AvgIpc) is 3.37. The molecule has 8 nitrogen and oxygen atoms in total. The topological polar surface area (TPSA) is 80.1 Å². The van der Waals surface area contributed by atoms with E-state index in [4.69, 9.17) is 13.9 Å². The van der Waals surface area contributed by atoms with Crippen LogP contribution < -0.4 is 10.1 Å². The summed E-state index contributed by atoms with van der Waals surface area (Å²) < 4.78 is 17.4. The van der Waals surface area contributed by atoms with E-state index in [1.165, 1.54) is 0 Å². The van der Waals surface area contributed by atoms with Gasteiger partial charge >= 0.3 is 0 Å². The summed E-state index contributed by atoms with van der Waals surface area (Å²) in [7, 11) is 0. The fourth-order valence-corrected chi connectivity index (χ4v) is 5.97. The zero-order chi connectivity index (χ0) is 29.2. The fraction of sp³-hybridized carbons (Fsp3) is 0.562. The number of benzene rings is 2. The number of carbonyl (C=O) groups is 1. The highest BCUT2D eigenvalue weighted by molar-refractivity contribution is 7.99. The van der Waals surface area contributed by atoms with Crippen molar-refractivity contribution in [2.75, 3.05) is 70.2 Å². The third-order valence-corrected chi connectivity index (χ3v) is 8.26. The normalized spacial score (nSPS) is 14.8. The molecule has 4 rings (SSSR count). The summed E-state index contributed by atoms with van der Waals surface area (Å²) in [6, 6.07) is 12.0. The largest absolute Gasteiger partial charge is 0.491 e. The maximum Gasteiger partial charge on any atom is 0.256 e. The van der Waals surface area contributed by atoms with E-state index in [-0.39, 0.29) is 17.7 Å². The van der Waals surface area contributed by atoms with Crippen LogP contribution in [0.25, 0.3) is 11.1 Å². The molecule has 1 fully saturated rings. The van der Waals surface area contributed by atoms with Gasteiger partial charge in [0.25, 0.3) is 5.22 Å². The number of anilines is 1. The summed E-state index contributed by atoms with van der Waals surface area (Å²) in [5.74, 6) is 2.31. The maximum atomic E-state index is 13.3. The van der Waals surface area contributed by atoms with Crippen molar-refractivity contribution in [2.24, 2.45) is 0 Å². The molecule has 1 amide bonds. The summed E-state index contributed by atoms with van der Waals surface area (Å²) in [6.07, 6.45) is 1.07. The van der Waals surface area contributed by atoms with E-state index in [1.807, 2.05) is 37.3 Å². The van der Waals surface area contributed by atoms with Gasteiger partial charge in [0.15, 0.2) is 5.58 Å². The predicted octanol–water partition coefficient (Wildman–Crippen LogP) is 6.23. The number of nitrogens with one attached hydrogen (secondary N) is 1. The third-order valence-electron chi connectivity index (χ3n) is 7.34. The van der Waals surface area contributed by atoms with Gasteiger partial charge in [0.1, 0.15) is 17.9 Å². The second kappa shape index (κ2) is 15.6. The highest BCUT2D eigenvalue weighted by atomic mass is 32.2. The number of aromatic nitrogens is 1. The van der Waals surface area contributed by atoms with Crippen LogP contribution in [0.3, 0.4) is 0 Å². The molecule has 224 valence electrons. The minimum absolute atomic E-state index is 0.0310. The van der Waals surface area contributed by atoms with E-state index < -0.39 is 0 Å². The number of ether oxygens (including phenoxy) is 2. The van der Waals surface area contributed by atoms with E-state index in [2.05, 4.69) is 53.9 Å². The van der Waals surface area contributed by atoms with Gasteiger partial charge in [-0.05, 0) is 55.5 Å². The first-order chi connectivity index (χ1) is 19.9. The summed E-state index contributed by atoms with van der Waals surface area (Å²) in [5, 5.41) is 4.03. The third kappa shape index (κ3) is 8.95. The second-order valence-electron chi connectivity index (χ2n) is 11.1. The highest BCUT2D eigenvalue weighted by Crippen LogP contribution is 2.39. The lowest BCUT2D eigenvalue weighted by Crippen LogP contribution is -2.48. The van der Waals surface area contributed by atoms with Crippen molar-refractivity contribution < 1.29 is 18.7 Å². The first-order valence-corrected chi connectivity index (χ1v) is 15.9. The van der Waals surface area contributed by atoms with Gasteiger partial charge in [-0.2, -0.15) is 0 Å².